The molecule has 1 unspecified atom stereocenters. The molecule has 3 heteroatoms. The van der Waals surface area contributed by atoms with E-state index in [-0.39, 0.29) is 6.04 Å². The normalized spacial score (nSPS) is 12.3. The minimum absolute atomic E-state index is 0.272. The zero-order valence-electron chi connectivity index (χ0n) is 12.4. The van der Waals surface area contributed by atoms with Gasteiger partial charge in [-0.1, -0.05) is 25.1 Å². The summed E-state index contributed by atoms with van der Waals surface area (Å²) >= 11 is 1.82. The van der Waals surface area contributed by atoms with E-state index in [1.54, 1.807) is 0 Å². The van der Waals surface area contributed by atoms with Crippen molar-refractivity contribution in [3.8, 4) is 0 Å². The lowest BCUT2D eigenvalue weighted by Gasteiger charge is -2.23. The molecule has 20 heavy (non-hydrogen) atoms. The Bertz CT molecular complexity index is 490. The largest absolute Gasteiger partial charge is 0.367 e. The first-order valence-electron chi connectivity index (χ1n) is 7.34. The Morgan fingerprint density at radius 2 is 1.90 bits per heavy atom. The predicted octanol–water partition coefficient (Wildman–Crippen LogP) is 4.05. The number of hydrogen-bond acceptors (Lipinski definition) is 3. The Labute approximate surface area is 126 Å². The van der Waals surface area contributed by atoms with Gasteiger partial charge in [0.1, 0.15) is 0 Å². The average Bonchev–Trinajstić information content (AvgIpc) is 2.98. The number of anilines is 1. The fourth-order valence-electron chi connectivity index (χ4n) is 2.27. The summed E-state index contributed by atoms with van der Waals surface area (Å²) in [5.41, 5.74) is 8.63. The van der Waals surface area contributed by atoms with Crippen molar-refractivity contribution in [3.63, 3.8) is 0 Å². The van der Waals surface area contributed by atoms with Gasteiger partial charge in [0.05, 0.1) is 6.54 Å². The maximum absolute atomic E-state index is 6.01. The third kappa shape index (κ3) is 4.09. The first kappa shape index (κ1) is 15.1. The molecule has 0 saturated carbocycles. The molecular formula is C17H24N2S. The fraction of sp³-hybridized carbons (Fsp3) is 0.412. The first-order chi connectivity index (χ1) is 9.72. The number of rotatable bonds is 7. The van der Waals surface area contributed by atoms with E-state index >= 15 is 0 Å². The van der Waals surface area contributed by atoms with Crippen LogP contribution in [0, 0.1) is 0 Å². The minimum atomic E-state index is 0.272. The van der Waals surface area contributed by atoms with E-state index in [1.165, 1.54) is 16.1 Å². The topological polar surface area (TPSA) is 29.3 Å². The van der Waals surface area contributed by atoms with Crippen LogP contribution in [0.3, 0.4) is 0 Å². The van der Waals surface area contributed by atoms with Gasteiger partial charge in [-0.15, -0.1) is 11.3 Å². The molecule has 0 aliphatic carbocycles. The van der Waals surface area contributed by atoms with Crippen LogP contribution in [0.15, 0.2) is 41.8 Å². The molecule has 0 bridgehead atoms. The monoisotopic (exact) mass is 288 g/mol. The maximum atomic E-state index is 6.01. The highest BCUT2D eigenvalue weighted by Crippen LogP contribution is 2.20. The van der Waals surface area contributed by atoms with Gasteiger partial charge in [0.15, 0.2) is 0 Å². The van der Waals surface area contributed by atoms with Crippen molar-refractivity contribution >= 4 is 17.0 Å². The molecule has 2 N–H and O–H groups in total. The highest BCUT2D eigenvalue weighted by molar-refractivity contribution is 7.09. The van der Waals surface area contributed by atoms with E-state index < -0.39 is 0 Å². The van der Waals surface area contributed by atoms with Gasteiger partial charge >= 0.3 is 0 Å². The number of benzene rings is 1. The summed E-state index contributed by atoms with van der Waals surface area (Å²) in [6, 6.07) is 13.4. The van der Waals surface area contributed by atoms with Crippen LogP contribution in [-0.4, -0.2) is 12.6 Å². The molecule has 2 rings (SSSR count). The summed E-state index contributed by atoms with van der Waals surface area (Å²) in [5, 5.41) is 2.14. The molecule has 1 atom stereocenters. The molecule has 0 amide bonds. The summed E-state index contributed by atoms with van der Waals surface area (Å²) in [4.78, 5) is 3.80. The summed E-state index contributed by atoms with van der Waals surface area (Å²) in [7, 11) is 0. The molecule has 0 radical (unpaired) electrons. The molecule has 0 spiro atoms. The van der Waals surface area contributed by atoms with Gasteiger partial charge in [-0.3, -0.25) is 0 Å². The van der Waals surface area contributed by atoms with Crippen LogP contribution >= 0.6 is 11.3 Å². The van der Waals surface area contributed by atoms with Gasteiger partial charge in [0, 0.05) is 23.2 Å². The number of nitrogens with zero attached hydrogens (tertiary/aromatic N) is 1. The SMILES string of the molecule is CCC(N)Cc1ccc(N(CC)Cc2cccs2)cc1. The summed E-state index contributed by atoms with van der Waals surface area (Å²) in [5.74, 6) is 0. The second kappa shape index (κ2) is 7.46. The number of hydrogen-bond donors (Lipinski definition) is 1. The number of nitrogens with two attached hydrogens (primary N) is 1. The van der Waals surface area contributed by atoms with E-state index in [0.717, 1.165) is 25.9 Å². The van der Waals surface area contributed by atoms with Gasteiger partial charge < -0.3 is 10.6 Å². The van der Waals surface area contributed by atoms with E-state index in [0.29, 0.717) is 0 Å². The standard InChI is InChI=1S/C17H24N2S/c1-3-15(18)12-14-7-9-16(10-8-14)19(4-2)13-17-6-5-11-20-17/h5-11,15H,3-4,12-13,18H2,1-2H3. The van der Waals surface area contributed by atoms with Crippen molar-refractivity contribution in [1.29, 1.82) is 0 Å². The summed E-state index contributed by atoms with van der Waals surface area (Å²) in [6.07, 6.45) is 2.00. The maximum Gasteiger partial charge on any atom is 0.0522 e. The summed E-state index contributed by atoms with van der Waals surface area (Å²) < 4.78 is 0. The highest BCUT2D eigenvalue weighted by atomic mass is 32.1. The number of thiophene rings is 1. The Balaban J connectivity index is 2.03. The van der Waals surface area contributed by atoms with Crippen LogP contribution in [0.4, 0.5) is 5.69 Å². The van der Waals surface area contributed by atoms with Crippen molar-refractivity contribution < 1.29 is 0 Å². The Hall–Kier alpha value is -1.32. The van der Waals surface area contributed by atoms with Gasteiger partial charge in [-0.2, -0.15) is 0 Å². The molecule has 108 valence electrons. The van der Waals surface area contributed by atoms with Gasteiger partial charge in [-0.25, -0.2) is 0 Å². The van der Waals surface area contributed by atoms with Crippen molar-refractivity contribution in [2.45, 2.75) is 39.3 Å². The van der Waals surface area contributed by atoms with Crippen molar-refractivity contribution in [2.75, 3.05) is 11.4 Å². The van der Waals surface area contributed by atoms with Gasteiger partial charge in [0.2, 0.25) is 0 Å². The van der Waals surface area contributed by atoms with Crippen LogP contribution in [0.25, 0.3) is 0 Å². The lowest BCUT2D eigenvalue weighted by molar-refractivity contribution is 0.646. The van der Waals surface area contributed by atoms with E-state index in [9.17, 15) is 0 Å². The highest BCUT2D eigenvalue weighted by Gasteiger charge is 2.07. The average molecular weight is 288 g/mol. The predicted molar refractivity (Wildman–Crippen MR) is 89.5 cm³/mol. The van der Waals surface area contributed by atoms with E-state index in [2.05, 4.69) is 60.5 Å². The molecule has 0 aliphatic rings. The van der Waals surface area contributed by atoms with Crippen molar-refractivity contribution in [1.82, 2.24) is 0 Å². The van der Waals surface area contributed by atoms with Gasteiger partial charge in [0.25, 0.3) is 0 Å². The molecule has 0 aliphatic heterocycles. The van der Waals surface area contributed by atoms with Gasteiger partial charge in [-0.05, 0) is 48.9 Å². The third-order valence-corrected chi connectivity index (χ3v) is 4.49. The second-order valence-electron chi connectivity index (χ2n) is 5.13. The molecule has 1 aromatic heterocycles. The lowest BCUT2D eigenvalue weighted by atomic mass is 10.0. The molecular weight excluding hydrogens is 264 g/mol. The quantitative estimate of drug-likeness (QED) is 0.832. The van der Waals surface area contributed by atoms with Crippen LogP contribution in [-0.2, 0) is 13.0 Å². The molecule has 0 saturated heterocycles. The minimum Gasteiger partial charge on any atom is -0.367 e. The zero-order valence-corrected chi connectivity index (χ0v) is 13.2. The van der Waals surface area contributed by atoms with E-state index in [4.69, 9.17) is 5.73 Å². The van der Waals surface area contributed by atoms with Crippen molar-refractivity contribution in [3.05, 3.63) is 52.2 Å². The van der Waals surface area contributed by atoms with Crippen LogP contribution in [0.2, 0.25) is 0 Å². The first-order valence-corrected chi connectivity index (χ1v) is 8.22. The molecule has 1 aromatic carbocycles. The third-order valence-electron chi connectivity index (χ3n) is 3.63. The van der Waals surface area contributed by atoms with Crippen LogP contribution in [0.5, 0.6) is 0 Å². The Morgan fingerprint density at radius 3 is 2.45 bits per heavy atom. The molecule has 2 nitrogen and oxygen atoms in total. The Kier molecular flexibility index (Phi) is 5.62. The fourth-order valence-corrected chi connectivity index (χ4v) is 2.99. The smallest absolute Gasteiger partial charge is 0.0522 e. The van der Waals surface area contributed by atoms with Crippen molar-refractivity contribution in [2.24, 2.45) is 5.73 Å². The molecule has 0 fully saturated rings. The van der Waals surface area contributed by atoms with Crippen LogP contribution in [0.1, 0.15) is 30.7 Å². The zero-order chi connectivity index (χ0) is 14.4. The Morgan fingerprint density at radius 1 is 1.15 bits per heavy atom. The lowest BCUT2D eigenvalue weighted by Crippen LogP contribution is -2.22. The van der Waals surface area contributed by atoms with E-state index in [1.807, 2.05) is 11.3 Å². The molecule has 2 aromatic rings. The second-order valence-corrected chi connectivity index (χ2v) is 6.16. The molecule has 1 heterocycles. The summed E-state index contributed by atoms with van der Waals surface area (Å²) in [6.45, 7) is 6.35. The van der Waals surface area contributed by atoms with Crippen LogP contribution < -0.4 is 10.6 Å².